The van der Waals surface area contributed by atoms with Crippen molar-refractivity contribution in [2.75, 3.05) is 79.9 Å². The minimum Gasteiger partial charge on any atom is -0.504 e. The summed E-state index contributed by atoms with van der Waals surface area (Å²) in [7, 11) is 3.25. The van der Waals surface area contributed by atoms with Crippen molar-refractivity contribution in [1.82, 2.24) is 51.9 Å². The Bertz CT molecular complexity index is 3110. The molecule has 93 heavy (non-hydrogen) atoms. The Morgan fingerprint density at radius 3 is 1.99 bits per heavy atom. The van der Waals surface area contributed by atoms with Crippen molar-refractivity contribution in [2.24, 2.45) is 11.7 Å². The van der Waals surface area contributed by atoms with Gasteiger partial charge in [0, 0.05) is 95.4 Å². The van der Waals surface area contributed by atoms with Gasteiger partial charge in [-0.2, -0.15) is 0 Å². The number of nitrogens with zero attached hydrogens (tertiary/aromatic N) is 4. The molecule has 0 saturated carbocycles. The average Bonchev–Trinajstić information content (AvgIpc) is 1.69. The van der Waals surface area contributed by atoms with Crippen molar-refractivity contribution >= 4 is 52.7 Å². The maximum absolute atomic E-state index is 14.8. The number of aliphatic hydroxyl groups excluding tert-OH is 6. The first-order valence-corrected chi connectivity index (χ1v) is 32.1. The molecule has 3 aliphatic rings. The van der Waals surface area contributed by atoms with E-state index in [-0.39, 0.29) is 48.7 Å². The summed E-state index contributed by atoms with van der Waals surface area (Å²) in [6.07, 6.45) is -6.62. The third-order valence-electron chi connectivity index (χ3n) is 16.4. The molecule has 3 aliphatic heterocycles. The molecule has 30 heteroatoms. The molecule has 0 spiro atoms. The van der Waals surface area contributed by atoms with Crippen LogP contribution in [0.1, 0.15) is 81.1 Å². The summed E-state index contributed by atoms with van der Waals surface area (Å²) >= 11 is 1.31. The maximum Gasteiger partial charge on any atom is 0.251 e. The molecule has 510 valence electrons. The third-order valence-corrected chi connectivity index (χ3v) is 17.4. The van der Waals surface area contributed by atoms with Crippen LogP contribution in [-0.4, -0.2) is 250 Å². The molecule has 29 nitrogen and oxygen atoms in total. The Morgan fingerprint density at radius 2 is 1.32 bits per heavy atom. The van der Waals surface area contributed by atoms with Gasteiger partial charge in [-0.05, 0) is 86.8 Å². The third kappa shape index (κ3) is 20.3. The Labute approximate surface area is 543 Å². The van der Waals surface area contributed by atoms with Gasteiger partial charge in [0.1, 0.15) is 58.6 Å². The topological polar surface area (TPSA) is 428 Å². The maximum atomic E-state index is 14.8. The number of carbonyl (C=O) groups is 7. The number of aromatic nitrogens is 2. The molecule has 0 unspecified atom stereocenters. The van der Waals surface area contributed by atoms with Crippen LogP contribution in [0.2, 0.25) is 0 Å². The fourth-order valence-corrected chi connectivity index (χ4v) is 12.0. The molecule has 3 aromatic carbocycles. The monoisotopic (exact) mass is 1320 g/mol. The van der Waals surface area contributed by atoms with Crippen molar-refractivity contribution in [3.8, 4) is 38.4 Å². The highest BCUT2D eigenvalue weighted by atomic mass is 32.1. The molecule has 4 aromatic rings. The quantitative estimate of drug-likeness (QED) is 0.0301. The first-order chi connectivity index (χ1) is 44.6. The smallest absolute Gasteiger partial charge is 0.251 e. The molecule has 1 aromatic heterocycles. The highest BCUT2D eigenvalue weighted by Gasteiger charge is 2.50. The summed E-state index contributed by atoms with van der Waals surface area (Å²) < 4.78 is 21.8. The number of ether oxygens (including phenoxy) is 4. The molecule has 15 N–H and O–H groups in total. The van der Waals surface area contributed by atoms with E-state index >= 15 is 0 Å². The number of nitrogens with two attached hydrogens (primary N) is 1. The molecule has 3 saturated heterocycles. The largest absolute Gasteiger partial charge is 0.504 e. The number of phenols is 1. The van der Waals surface area contributed by atoms with E-state index in [0.717, 1.165) is 66.7 Å². The molecule has 3 fully saturated rings. The van der Waals surface area contributed by atoms with E-state index in [9.17, 15) is 69.3 Å². The second kappa shape index (κ2) is 35.7. The van der Waals surface area contributed by atoms with Gasteiger partial charge in [-0.15, -0.1) is 10.2 Å². The number of phenolic OH excluding ortho intramolecular Hbond substituents is 1. The fourth-order valence-electron chi connectivity index (χ4n) is 11.2. The number of benzene rings is 3. The number of nitrogens with one attached hydrogen (secondary N) is 6. The van der Waals surface area contributed by atoms with E-state index in [2.05, 4.69) is 42.1 Å². The van der Waals surface area contributed by atoms with Gasteiger partial charge in [0.2, 0.25) is 35.4 Å². The van der Waals surface area contributed by atoms with Gasteiger partial charge in [0.25, 0.3) is 5.91 Å². The van der Waals surface area contributed by atoms with Gasteiger partial charge in [-0.1, -0.05) is 55.7 Å². The highest BCUT2D eigenvalue weighted by molar-refractivity contribution is 7.17. The van der Waals surface area contributed by atoms with Crippen LogP contribution in [0.3, 0.4) is 0 Å². The van der Waals surface area contributed by atoms with Crippen molar-refractivity contribution < 1.29 is 88.3 Å². The zero-order chi connectivity index (χ0) is 67.3. The van der Waals surface area contributed by atoms with Crippen molar-refractivity contribution in [1.29, 1.82) is 0 Å². The first kappa shape index (κ1) is 72.9. The van der Waals surface area contributed by atoms with Crippen LogP contribution >= 0.6 is 11.3 Å². The summed E-state index contributed by atoms with van der Waals surface area (Å²) in [4.78, 5) is 104. The molecular formula is C63H89N11O18S. The van der Waals surface area contributed by atoms with E-state index in [1.165, 1.54) is 48.6 Å². The summed E-state index contributed by atoms with van der Waals surface area (Å²) in [6.45, 7) is 3.76. The van der Waals surface area contributed by atoms with Crippen LogP contribution in [0.5, 0.6) is 17.2 Å². The lowest BCUT2D eigenvalue weighted by atomic mass is 9.98. The minimum atomic E-state index is -2.05. The molecule has 0 bridgehead atoms. The predicted octanol–water partition coefficient (Wildman–Crippen LogP) is -1.53. The number of fused-ring (bicyclic) bond motifs is 2. The van der Waals surface area contributed by atoms with Crippen molar-refractivity contribution in [3.63, 3.8) is 0 Å². The summed E-state index contributed by atoms with van der Waals surface area (Å²) in [5.74, 6) is -7.88. The van der Waals surface area contributed by atoms with Crippen LogP contribution < -0.4 is 47.1 Å². The molecule has 0 aliphatic carbocycles. The van der Waals surface area contributed by atoms with Crippen LogP contribution in [-0.2, 0) is 44.7 Å². The zero-order valence-corrected chi connectivity index (χ0v) is 53.5. The number of carbonyl (C=O) groups excluding carboxylic acids is 7. The Kier molecular flexibility index (Phi) is 28.0. The second-order valence-corrected chi connectivity index (χ2v) is 24.6. The van der Waals surface area contributed by atoms with Gasteiger partial charge in [-0.25, -0.2) is 0 Å². The molecule has 7 rings (SSSR count). The van der Waals surface area contributed by atoms with Gasteiger partial charge in [0.15, 0.2) is 11.5 Å². The first-order valence-electron chi connectivity index (χ1n) is 31.3. The average molecular weight is 1320 g/mol. The number of methoxy groups -OCH3 is 2. The minimum absolute atomic E-state index is 0.00316. The van der Waals surface area contributed by atoms with E-state index in [1.54, 1.807) is 26.4 Å². The van der Waals surface area contributed by atoms with Crippen LogP contribution in [0.15, 0.2) is 66.7 Å². The number of unbranched alkanes of at least 4 members (excludes halogenated alkanes) is 4. The van der Waals surface area contributed by atoms with Crippen LogP contribution in [0.25, 0.3) is 21.1 Å². The summed E-state index contributed by atoms with van der Waals surface area (Å²) in [5, 5.41) is 105. The molecule has 0 radical (unpaired) electrons. The molecule has 13 atom stereocenters. The molecule has 7 amide bonds. The number of rotatable bonds is 27. The van der Waals surface area contributed by atoms with Gasteiger partial charge in [-0.3, -0.25) is 33.6 Å². The van der Waals surface area contributed by atoms with Crippen LogP contribution in [0.4, 0.5) is 0 Å². The van der Waals surface area contributed by atoms with Gasteiger partial charge < -0.3 is 102 Å². The predicted molar refractivity (Wildman–Crippen MR) is 338 cm³/mol. The molecule has 4 heterocycles. The van der Waals surface area contributed by atoms with E-state index in [0.29, 0.717) is 41.9 Å². The standard InChI is InChI=1S/C63H89N11O18S/c1-35-33-74-53(54(35)81)59(86)66-32-41(76)30-44(67-55(82)38-11-13-39(14-12-38)60-71-72-61(93-60)40-15-17-43(18-16-40)91-25-9-7-5-6-8-24-89-3)56(83)68-50(36(2)75)62(87)73-34-42(77)31-45(73)57(84)69-51(58(85)70-52(63(74)88)47(79)20-21-64)48(80)28-37-10-19-46(78)49(29-37)92-27-23-65-22-26-90-4/h10-19,29,35-36,41-42,44-45,47-48,50-54,65,75-81H,5-9,20-28,30-34,64H2,1-4H3,(H,66,86)(H,67,82)(H,68,83)(H,69,84)(H,70,85)/t35-,36+,41+,42+,44-,45-,47+,48+,50-,51-,52-,53-,54-/m0/s1. The van der Waals surface area contributed by atoms with Crippen molar-refractivity contribution in [3.05, 3.63) is 77.9 Å². The normalized spacial score (nSPS) is 24.5. The lowest BCUT2D eigenvalue weighted by Crippen LogP contribution is -2.64. The Hall–Kier alpha value is -7.49. The number of amides is 7. The number of hydrogen-bond donors (Lipinski definition) is 14. The van der Waals surface area contributed by atoms with Gasteiger partial charge in [0.05, 0.1) is 49.8 Å². The summed E-state index contributed by atoms with van der Waals surface area (Å²) in [6, 6.07) is 6.76. The Morgan fingerprint density at radius 1 is 0.699 bits per heavy atom. The number of β-amino-alcohol motifs (C(OH)–C–C–N with tert-alkyl or cyclic N) is 1. The summed E-state index contributed by atoms with van der Waals surface area (Å²) in [5.41, 5.74) is 7.54. The lowest BCUT2D eigenvalue weighted by Gasteiger charge is -2.34. The van der Waals surface area contributed by atoms with Crippen molar-refractivity contribution in [2.45, 2.75) is 145 Å². The lowest BCUT2D eigenvalue weighted by molar-refractivity contribution is -0.147. The van der Waals surface area contributed by atoms with E-state index in [1.807, 2.05) is 24.3 Å². The van der Waals surface area contributed by atoms with E-state index in [4.69, 9.17) is 24.7 Å². The van der Waals surface area contributed by atoms with Crippen LogP contribution in [0, 0.1) is 5.92 Å². The number of aromatic hydroxyl groups is 1. The second-order valence-electron chi connectivity index (χ2n) is 23.6. The Balaban J connectivity index is 1.14. The van der Waals surface area contributed by atoms with E-state index < -0.39 is 152 Å². The molecular weight excluding hydrogens is 1230 g/mol. The SMILES string of the molecule is COCCCCCCCOc1ccc(-c2nnc(-c3ccc(C(=O)N[C@H]4C[C@@H](O)CNC(=O)[C@@H]5[C@@H](O)[C@@H](C)CN5C(=O)[C@H]([C@H](O)CCN)NC(=O)[C@H]([C@H](O)Cc5ccc(O)c(OCCNCCOC)c5)NC(=O)[C@@H]5C[C@@H](O)CN5C(=O)[C@H]([C@@H](C)O)NC4=O)cc3)s2)cc1. The number of aliphatic hydroxyl groups is 6. The fraction of sp³-hybridized carbons (Fsp3) is 0.571. The van der Waals surface area contributed by atoms with Gasteiger partial charge >= 0.3 is 0 Å². The number of hydrogen-bond acceptors (Lipinski definition) is 23. The highest BCUT2D eigenvalue weighted by Crippen LogP contribution is 2.33. The zero-order valence-electron chi connectivity index (χ0n) is 52.7.